The molecule has 1 nitrogen and oxygen atoms in total. The van der Waals surface area contributed by atoms with Crippen LogP contribution in [-0.2, 0) is 5.54 Å². The molecular formula is C11H12FNS. The highest BCUT2D eigenvalue weighted by Gasteiger charge is 2.18. The van der Waals surface area contributed by atoms with Gasteiger partial charge in [0.25, 0.3) is 0 Å². The van der Waals surface area contributed by atoms with Gasteiger partial charge in [-0.2, -0.15) is 0 Å². The number of hydrogen-bond donors (Lipinski definition) is 1. The third-order valence-electron chi connectivity index (χ3n) is 2.23. The van der Waals surface area contributed by atoms with E-state index in [1.807, 2.05) is 19.2 Å². The van der Waals surface area contributed by atoms with Gasteiger partial charge in [-0.05, 0) is 42.3 Å². The molecule has 74 valence electrons. The Balaban J connectivity index is 2.70. The van der Waals surface area contributed by atoms with Gasteiger partial charge in [0.1, 0.15) is 5.82 Å². The van der Waals surface area contributed by atoms with Crippen LogP contribution < -0.4 is 5.73 Å². The Morgan fingerprint density at radius 2 is 2.07 bits per heavy atom. The number of rotatable bonds is 1. The molecule has 0 amide bonds. The minimum Gasteiger partial charge on any atom is -0.322 e. The summed E-state index contributed by atoms with van der Waals surface area (Å²) < 4.78 is 13.9. The van der Waals surface area contributed by atoms with Crippen LogP contribution in [-0.4, -0.2) is 0 Å². The van der Waals surface area contributed by atoms with Gasteiger partial charge in [0.15, 0.2) is 0 Å². The third-order valence-corrected chi connectivity index (χ3v) is 3.18. The van der Waals surface area contributed by atoms with Gasteiger partial charge in [-0.25, -0.2) is 4.39 Å². The molecule has 0 saturated carbocycles. The Kier molecular flexibility index (Phi) is 2.09. The van der Waals surface area contributed by atoms with Crippen molar-refractivity contribution in [2.75, 3.05) is 0 Å². The normalized spacial score (nSPS) is 12.3. The van der Waals surface area contributed by atoms with Gasteiger partial charge in [0, 0.05) is 10.2 Å². The summed E-state index contributed by atoms with van der Waals surface area (Å²) in [5, 5.41) is 3.06. The molecule has 0 aliphatic carbocycles. The third kappa shape index (κ3) is 1.53. The molecule has 0 atom stereocenters. The van der Waals surface area contributed by atoms with E-state index in [4.69, 9.17) is 5.73 Å². The zero-order valence-electron chi connectivity index (χ0n) is 8.17. The van der Waals surface area contributed by atoms with Crippen LogP contribution in [0.15, 0.2) is 23.6 Å². The lowest BCUT2D eigenvalue weighted by Gasteiger charge is -2.17. The van der Waals surface area contributed by atoms with E-state index in [2.05, 4.69) is 0 Å². The van der Waals surface area contributed by atoms with Crippen molar-refractivity contribution in [3.05, 3.63) is 35.0 Å². The smallest absolute Gasteiger partial charge is 0.124 e. The lowest BCUT2D eigenvalue weighted by atomic mass is 9.95. The number of hydrogen-bond acceptors (Lipinski definition) is 2. The molecule has 0 bridgehead atoms. The molecule has 0 unspecified atom stereocenters. The molecule has 0 saturated heterocycles. The Hall–Kier alpha value is -0.930. The predicted octanol–water partition coefficient (Wildman–Crippen LogP) is 3.23. The lowest BCUT2D eigenvalue weighted by Crippen LogP contribution is -2.28. The second-order valence-corrected chi connectivity index (χ2v) is 4.92. The minimum absolute atomic E-state index is 0.194. The second-order valence-electron chi connectivity index (χ2n) is 4.01. The molecule has 2 N–H and O–H groups in total. The first-order valence-corrected chi connectivity index (χ1v) is 5.32. The van der Waals surface area contributed by atoms with Crippen molar-refractivity contribution in [1.82, 2.24) is 0 Å². The van der Waals surface area contributed by atoms with Crippen LogP contribution in [0.25, 0.3) is 10.1 Å². The van der Waals surface area contributed by atoms with E-state index in [0.717, 1.165) is 15.6 Å². The summed E-state index contributed by atoms with van der Waals surface area (Å²) in [7, 11) is 0. The Labute approximate surface area is 86.4 Å². The monoisotopic (exact) mass is 209 g/mol. The molecule has 0 spiro atoms. The molecule has 1 aromatic carbocycles. The fourth-order valence-electron chi connectivity index (χ4n) is 1.50. The number of fused-ring (bicyclic) bond motifs is 1. The summed E-state index contributed by atoms with van der Waals surface area (Å²) in [5.74, 6) is -0.194. The van der Waals surface area contributed by atoms with Gasteiger partial charge in [-0.15, -0.1) is 11.3 Å². The number of benzene rings is 1. The van der Waals surface area contributed by atoms with Crippen LogP contribution in [0.4, 0.5) is 4.39 Å². The average Bonchev–Trinajstić information content (AvgIpc) is 2.45. The maximum absolute atomic E-state index is 12.9. The van der Waals surface area contributed by atoms with Gasteiger partial charge in [0.2, 0.25) is 0 Å². The number of nitrogens with two attached hydrogens (primary N) is 1. The van der Waals surface area contributed by atoms with Gasteiger partial charge < -0.3 is 5.73 Å². The molecule has 0 fully saturated rings. The summed E-state index contributed by atoms with van der Waals surface area (Å²) >= 11 is 1.53. The Morgan fingerprint density at radius 3 is 2.71 bits per heavy atom. The van der Waals surface area contributed by atoms with E-state index in [1.54, 1.807) is 12.1 Å². The topological polar surface area (TPSA) is 26.0 Å². The van der Waals surface area contributed by atoms with E-state index >= 15 is 0 Å². The summed E-state index contributed by atoms with van der Waals surface area (Å²) in [4.78, 5) is 0. The number of halogens is 1. The minimum atomic E-state index is -0.365. The van der Waals surface area contributed by atoms with Crippen LogP contribution in [0.2, 0.25) is 0 Å². The van der Waals surface area contributed by atoms with Crippen LogP contribution in [0, 0.1) is 5.82 Å². The van der Waals surface area contributed by atoms with Gasteiger partial charge in [-0.3, -0.25) is 0 Å². The quantitative estimate of drug-likeness (QED) is 0.766. The van der Waals surface area contributed by atoms with Gasteiger partial charge in [0.05, 0.1) is 0 Å². The standard InChI is InChI=1S/C11H12FNS/c1-11(2,13)9-6-14-10-5-7(12)3-4-8(9)10/h3-6H,13H2,1-2H3. The summed E-state index contributed by atoms with van der Waals surface area (Å²) in [6.45, 7) is 3.91. The van der Waals surface area contributed by atoms with Crippen LogP contribution in [0.5, 0.6) is 0 Å². The van der Waals surface area contributed by atoms with Crippen LogP contribution >= 0.6 is 11.3 Å². The average molecular weight is 209 g/mol. The molecule has 1 aromatic heterocycles. The maximum atomic E-state index is 12.9. The summed E-state index contributed by atoms with van der Waals surface area (Å²) in [6, 6.07) is 4.82. The summed E-state index contributed by atoms with van der Waals surface area (Å²) in [6.07, 6.45) is 0. The predicted molar refractivity (Wildman–Crippen MR) is 59.0 cm³/mol. The van der Waals surface area contributed by atoms with E-state index in [9.17, 15) is 4.39 Å². The highest BCUT2D eigenvalue weighted by molar-refractivity contribution is 7.17. The Bertz CT molecular complexity index is 468. The van der Waals surface area contributed by atoms with E-state index in [-0.39, 0.29) is 11.4 Å². The van der Waals surface area contributed by atoms with E-state index < -0.39 is 0 Å². The maximum Gasteiger partial charge on any atom is 0.124 e. The molecule has 2 aromatic rings. The van der Waals surface area contributed by atoms with Crippen molar-refractivity contribution in [1.29, 1.82) is 0 Å². The van der Waals surface area contributed by atoms with Crippen molar-refractivity contribution in [2.45, 2.75) is 19.4 Å². The second kappa shape index (κ2) is 3.04. The fraction of sp³-hybridized carbons (Fsp3) is 0.273. The molecule has 14 heavy (non-hydrogen) atoms. The molecule has 0 radical (unpaired) electrons. The van der Waals surface area contributed by atoms with Crippen molar-refractivity contribution in [3.63, 3.8) is 0 Å². The highest BCUT2D eigenvalue weighted by atomic mass is 32.1. The van der Waals surface area contributed by atoms with Gasteiger partial charge in [-0.1, -0.05) is 6.07 Å². The first-order valence-electron chi connectivity index (χ1n) is 4.44. The first-order chi connectivity index (χ1) is 6.48. The zero-order chi connectivity index (χ0) is 10.3. The van der Waals surface area contributed by atoms with Crippen molar-refractivity contribution < 1.29 is 4.39 Å². The van der Waals surface area contributed by atoms with Crippen molar-refractivity contribution in [2.24, 2.45) is 5.73 Å². The lowest BCUT2D eigenvalue weighted by molar-refractivity contribution is 0.561. The van der Waals surface area contributed by atoms with Gasteiger partial charge >= 0.3 is 0 Å². The van der Waals surface area contributed by atoms with E-state index in [0.29, 0.717) is 0 Å². The molecule has 1 heterocycles. The molecule has 0 aliphatic rings. The molecule has 3 heteroatoms. The fourth-order valence-corrected chi connectivity index (χ4v) is 2.66. The van der Waals surface area contributed by atoms with Crippen molar-refractivity contribution >= 4 is 21.4 Å². The van der Waals surface area contributed by atoms with Crippen LogP contribution in [0.1, 0.15) is 19.4 Å². The molecule has 0 aliphatic heterocycles. The molecule has 2 rings (SSSR count). The van der Waals surface area contributed by atoms with E-state index in [1.165, 1.54) is 17.4 Å². The SMILES string of the molecule is CC(C)(N)c1csc2cc(F)ccc12. The largest absolute Gasteiger partial charge is 0.322 e. The summed E-state index contributed by atoms with van der Waals surface area (Å²) in [5.41, 5.74) is 6.73. The number of thiophene rings is 1. The Morgan fingerprint density at radius 1 is 1.36 bits per heavy atom. The molecular weight excluding hydrogens is 197 g/mol. The highest BCUT2D eigenvalue weighted by Crippen LogP contribution is 2.32. The van der Waals surface area contributed by atoms with Crippen molar-refractivity contribution in [3.8, 4) is 0 Å². The van der Waals surface area contributed by atoms with Crippen LogP contribution in [0.3, 0.4) is 0 Å². The first kappa shape index (κ1) is 9.62. The zero-order valence-corrected chi connectivity index (χ0v) is 8.99.